The minimum Gasteiger partial charge on any atom is -0.450 e. The third-order valence-corrected chi connectivity index (χ3v) is 4.29. The van der Waals surface area contributed by atoms with Gasteiger partial charge in [0, 0.05) is 18.4 Å². The Morgan fingerprint density at radius 3 is 2.19 bits per heavy atom. The number of hydrogen-bond acceptors (Lipinski definition) is 5. The van der Waals surface area contributed by atoms with Crippen LogP contribution in [0, 0.1) is 13.8 Å². The van der Waals surface area contributed by atoms with Gasteiger partial charge in [0.25, 0.3) is 11.7 Å². The molecular formula is C20H25N3O4. The zero-order valence-electron chi connectivity index (χ0n) is 16.5. The van der Waals surface area contributed by atoms with Crippen molar-refractivity contribution in [1.29, 1.82) is 0 Å². The quantitative estimate of drug-likeness (QED) is 0.496. The second kappa shape index (κ2) is 7.73. The van der Waals surface area contributed by atoms with Crippen LogP contribution in [0.5, 0.6) is 0 Å². The smallest absolute Gasteiger partial charge is 0.380 e. The van der Waals surface area contributed by atoms with Crippen molar-refractivity contribution in [2.45, 2.75) is 40.0 Å². The van der Waals surface area contributed by atoms with Crippen LogP contribution >= 0.6 is 0 Å². The van der Waals surface area contributed by atoms with Crippen LogP contribution in [0.2, 0.25) is 0 Å². The molecule has 0 atom stereocenters. The Balaban J connectivity index is 1.93. The van der Waals surface area contributed by atoms with E-state index in [0.29, 0.717) is 17.1 Å². The van der Waals surface area contributed by atoms with Crippen LogP contribution < -0.4 is 5.32 Å². The number of amides is 1. The van der Waals surface area contributed by atoms with Crippen LogP contribution in [-0.4, -0.2) is 34.0 Å². The highest BCUT2D eigenvalue weighted by Crippen LogP contribution is 2.23. The van der Waals surface area contributed by atoms with E-state index in [1.165, 1.54) is 4.68 Å². The average molecular weight is 371 g/mol. The lowest BCUT2D eigenvalue weighted by atomic mass is 9.87. The molecule has 0 unspecified atom stereocenters. The predicted octanol–water partition coefficient (Wildman–Crippen LogP) is 2.70. The van der Waals surface area contributed by atoms with Crippen LogP contribution in [-0.2, 0) is 26.8 Å². The van der Waals surface area contributed by atoms with Crippen molar-refractivity contribution in [3.8, 4) is 0 Å². The number of ketones is 1. The largest absolute Gasteiger partial charge is 0.450 e. The van der Waals surface area contributed by atoms with Crippen molar-refractivity contribution < 1.29 is 19.1 Å². The molecule has 27 heavy (non-hydrogen) atoms. The summed E-state index contributed by atoms with van der Waals surface area (Å²) in [6, 6.07) is 7.43. The van der Waals surface area contributed by atoms with Crippen LogP contribution in [0.4, 0.5) is 5.69 Å². The standard InChI is InChI=1S/C20H25N3O4/c1-12-17(13(2)23(6)22-12)18(25)19(26)27-11-16(24)21-15-9-7-14(8-10-15)20(3,4)5/h7-10H,11H2,1-6H3,(H,21,24). The Labute approximate surface area is 158 Å². The summed E-state index contributed by atoms with van der Waals surface area (Å²) in [6.07, 6.45) is 0. The molecule has 1 heterocycles. The number of nitrogens with zero attached hydrogens (tertiary/aromatic N) is 2. The van der Waals surface area contributed by atoms with Gasteiger partial charge >= 0.3 is 5.97 Å². The number of benzene rings is 1. The third kappa shape index (κ3) is 4.81. The van der Waals surface area contributed by atoms with E-state index in [9.17, 15) is 14.4 Å². The van der Waals surface area contributed by atoms with Crippen molar-refractivity contribution in [3.63, 3.8) is 0 Å². The number of aromatic nitrogens is 2. The lowest BCUT2D eigenvalue weighted by Gasteiger charge is -2.19. The monoisotopic (exact) mass is 371 g/mol. The van der Waals surface area contributed by atoms with Crippen LogP contribution in [0.1, 0.15) is 48.1 Å². The molecule has 0 spiro atoms. The molecule has 2 aromatic rings. The predicted molar refractivity (Wildman–Crippen MR) is 102 cm³/mol. The summed E-state index contributed by atoms with van der Waals surface area (Å²) in [6.45, 7) is 9.09. The summed E-state index contributed by atoms with van der Waals surface area (Å²) in [5, 5.41) is 6.74. The molecule has 0 aliphatic carbocycles. The topological polar surface area (TPSA) is 90.3 Å². The number of carbonyl (C=O) groups is 3. The van der Waals surface area contributed by atoms with Gasteiger partial charge in [0.05, 0.1) is 11.3 Å². The van der Waals surface area contributed by atoms with Gasteiger partial charge in [0.1, 0.15) is 0 Å². The maximum absolute atomic E-state index is 12.2. The number of Topliss-reactive ketones (excluding diaryl/α,β-unsaturated/α-hetero) is 1. The lowest BCUT2D eigenvalue weighted by Crippen LogP contribution is -2.25. The highest BCUT2D eigenvalue weighted by molar-refractivity contribution is 6.41. The van der Waals surface area contributed by atoms with E-state index < -0.39 is 24.3 Å². The molecular weight excluding hydrogens is 346 g/mol. The molecule has 1 amide bonds. The molecule has 1 N–H and O–H groups in total. The second-order valence-corrected chi connectivity index (χ2v) is 7.45. The molecule has 0 aliphatic rings. The van der Waals surface area contributed by atoms with Gasteiger partial charge in [-0.1, -0.05) is 32.9 Å². The van der Waals surface area contributed by atoms with Crippen molar-refractivity contribution in [1.82, 2.24) is 9.78 Å². The Hall–Kier alpha value is -2.96. The van der Waals surface area contributed by atoms with Gasteiger partial charge in [-0.25, -0.2) is 4.79 Å². The average Bonchev–Trinajstić information content (AvgIpc) is 2.84. The normalized spacial score (nSPS) is 11.2. The number of nitrogens with one attached hydrogen (secondary N) is 1. The van der Waals surface area contributed by atoms with Gasteiger partial charge in [0.15, 0.2) is 6.61 Å². The highest BCUT2D eigenvalue weighted by Gasteiger charge is 2.25. The summed E-state index contributed by atoms with van der Waals surface area (Å²) in [5.41, 5.74) is 2.97. The van der Waals surface area contributed by atoms with Gasteiger partial charge in [0.2, 0.25) is 0 Å². The minimum absolute atomic E-state index is 0.0149. The first-order valence-electron chi connectivity index (χ1n) is 8.62. The van der Waals surface area contributed by atoms with E-state index in [4.69, 9.17) is 4.74 Å². The zero-order chi connectivity index (χ0) is 20.4. The zero-order valence-corrected chi connectivity index (χ0v) is 16.5. The Morgan fingerprint density at radius 2 is 1.70 bits per heavy atom. The minimum atomic E-state index is -1.08. The van der Waals surface area contributed by atoms with Gasteiger partial charge in [-0.15, -0.1) is 0 Å². The SMILES string of the molecule is Cc1nn(C)c(C)c1C(=O)C(=O)OCC(=O)Nc1ccc(C(C)(C)C)cc1. The molecule has 2 rings (SSSR count). The van der Waals surface area contributed by atoms with Crippen LogP contribution in [0.3, 0.4) is 0 Å². The number of rotatable bonds is 5. The first kappa shape index (κ1) is 20.4. The van der Waals surface area contributed by atoms with E-state index in [2.05, 4.69) is 31.2 Å². The molecule has 0 saturated heterocycles. The number of ether oxygens (including phenoxy) is 1. The molecule has 144 valence electrons. The molecule has 0 aliphatic heterocycles. The Bertz CT molecular complexity index is 874. The molecule has 1 aromatic heterocycles. The molecule has 0 fully saturated rings. The molecule has 0 saturated carbocycles. The number of hydrogen-bond donors (Lipinski definition) is 1. The van der Waals surface area contributed by atoms with Crippen LogP contribution in [0.25, 0.3) is 0 Å². The number of carbonyl (C=O) groups excluding carboxylic acids is 3. The van der Waals surface area contributed by atoms with Crippen molar-refractivity contribution in [2.24, 2.45) is 7.05 Å². The van der Waals surface area contributed by atoms with Crippen molar-refractivity contribution >= 4 is 23.3 Å². The van der Waals surface area contributed by atoms with Gasteiger partial charge in [-0.05, 0) is 37.0 Å². The van der Waals surface area contributed by atoms with Gasteiger partial charge < -0.3 is 10.1 Å². The van der Waals surface area contributed by atoms with Crippen molar-refractivity contribution in [3.05, 3.63) is 46.8 Å². The number of anilines is 1. The molecule has 7 heteroatoms. The fraction of sp³-hybridized carbons (Fsp3) is 0.400. The summed E-state index contributed by atoms with van der Waals surface area (Å²) in [4.78, 5) is 36.2. The molecule has 0 bridgehead atoms. The van der Waals surface area contributed by atoms with E-state index >= 15 is 0 Å². The van der Waals surface area contributed by atoms with Gasteiger partial charge in [-0.2, -0.15) is 5.10 Å². The molecule has 7 nitrogen and oxygen atoms in total. The van der Waals surface area contributed by atoms with E-state index in [1.807, 2.05) is 12.1 Å². The second-order valence-electron chi connectivity index (χ2n) is 7.45. The fourth-order valence-electron chi connectivity index (χ4n) is 2.65. The van der Waals surface area contributed by atoms with E-state index in [0.717, 1.165) is 5.56 Å². The third-order valence-electron chi connectivity index (χ3n) is 4.29. The summed E-state index contributed by atoms with van der Waals surface area (Å²) >= 11 is 0. The summed E-state index contributed by atoms with van der Waals surface area (Å²) in [7, 11) is 1.68. The molecule has 1 aromatic carbocycles. The van der Waals surface area contributed by atoms with E-state index in [1.54, 1.807) is 33.0 Å². The van der Waals surface area contributed by atoms with E-state index in [-0.39, 0.29) is 11.0 Å². The number of aryl methyl sites for hydroxylation is 2. The maximum Gasteiger partial charge on any atom is 0.380 e. The Kier molecular flexibility index (Phi) is 5.83. The number of esters is 1. The van der Waals surface area contributed by atoms with Crippen LogP contribution in [0.15, 0.2) is 24.3 Å². The summed E-state index contributed by atoms with van der Waals surface area (Å²) < 4.78 is 6.37. The first-order chi connectivity index (χ1) is 12.5. The first-order valence-corrected chi connectivity index (χ1v) is 8.62. The Morgan fingerprint density at radius 1 is 1.11 bits per heavy atom. The van der Waals surface area contributed by atoms with Gasteiger partial charge in [-0.3, -0.25) is 14.3 Å². The maximum atomic E-state index is 12.2. The lowest BCUT2D eigenvalue weighted by molar-refractivity contribution is -0.142. The highest BCUT2D eigenvalue weighted by atomic mass is 16.5. The van der Waals surface area contributed by atoms with Crippen molar-refractivity contribution in [2.75, 3.05) is 11.9 Å². The fourth-order valence-corrected chi connectivity index (χ4v) is 2.65. The summed E-state index contributed by atoms with van der Waals surface area (Å²) in [5.74, 6) is -2.40. The molecule has 0 radical (unpaired) electrons.